The van der Waals surface area contributed by atoms with Crippen molar-refractivity contribution in [3.05, 3.63) is 60.4 Å². The molecule has 0 aliphatic rings. The molecule has 24 heavy (non-hydrogen) atoms. The molecule has 0 saturated heterocycles. The first-order valence-electron chi connectivity index (χ1n) is 7.97. The summed E-state index contributed by atoms with van der Waals surface area (Å²) in [7, 11) is 1.94. The molecule has 0 radical (unpaired) electrons. The van der Waals surface area contributed by atoms with Crippen molar-refractivity contribution in [2.24, 2.45) is 5.92 Å². The molecular formula is C19H21N3O2. The third kappa shape index (κ3) is 3.46. The van der Waals surface area contributed by atoms with E-state index in [4.69, 9.17) is 5.11 Å². The second-order valence-corrected chi connectivity index (χ2v) is 6.21. The van der Waals surface area contributed by atoms with Crippen LogP contribution in [0.3, 0.4) is 0 Å². The van der Waals surface area contributed by atoms with E-state index in [0.717, 1.165) is 28.8 Å². The van der Waals surface area contributed by atoms with Crippen LogP contribution in [0, 0.1) is 5.92 Å². The molecule has 0 aliphatic carbocycles. The van der Waals surface area contributed by atoms with Gasteiger partial charge in [-0.1, -0.05) is 31.2 Å². The van der Waals surface area contributed by atoms with Gasteiger partial charge in [0.05, 0.1) is 17.0 Å². The maximum atomic E-state index is 10.9. The molecule has 5 heteroatoms. The van der Waals surface area contributed by atoms with E-state index in [1.54, 1.807) is 6.92 Å². The highest BCUT2D eigenvalue weighted by Crippen LogP contribution is 2.18. The molecule has 1 N–H and O–H groups in total. The van der Waals surface area contributed by atoms with Crippen LogP contribution in [0.1, 0.15) is 12.5 Å². The van der Waals surface area contributed by atoms with Gasteiger partial charge in [0.15, 0.2) is 0 Å². The predicted molar refractivity (Wildman–Crippen MR) is 94.2 cm³/mol. The van der Waals surface area contributed by atoms with E-state index < -0.39 is 5.97 Å². The molecular weight excluding hydrogens is 302 g/mol. The summed E-state index contributed by atoms with van der Waals surface area (Å²) in [5.74, 6) is -1.13. The van der Waals surface area contributed by atoms with Crippen molar-refractivity contribution in [3.8, 4) is 5.69 Å². The van der Waals surface area contributed by atoms with Gasteiger partial charge in [-0.25, -0.2) is 4.98 Å². The van der Waals surface area contributed by atoms with E-state index in [1.165, 1.54) is 0 Å². The maximum absolute atomic E-state index is 10.9. The number of aromatic nitrogens is 2. The predicted octanol–water partition coefficient (Wildman–Crippen LogP) is 3.18. The van der Waals surface area contributed by atoms with E-state index in [0.29, 0.717) is 6.54 Å². The number of para-hydroxylation sites is 2. The Kier molecular flexibility index (Phi) is 4.62. The van der Waals surface area contributed by atoms with Gasteiger partial charge in [0.25, 0.3) is 0 Å². The van der Waals surface area contributed by atoms with Crippen LogP contribution in [0.25, 0.3) is 16.7 Å². The minimum Gasteiger partial charge on any atom is -0.481 e. The number of hydrogen-bond donors (Lipinski definition) is 1. The average molecular weight is 323 g/mol. The summed E-state index contributed by atoms with van der Waals surface area (Å²) < 4.78 is 2.06. The highest BCUT2D eigenvalue weighted by atomic mass is 16.4. The number of fused-ring (bicyclic) bond motifs is 1. The lowest BCUT2D eigenvalue weighted by Gasteiger charge is -2.19. The molecule has 1 aromatic heterocycles. The summed E-state index contributed by atoms with van der Waals surface area (Å²) in [6.07, 6.45) is 1.83. The van der Waals surface area contributed by atoms with E-state index in [2.05, 4.69) is 39.9 Å². The number of carboxylic acids is 1. The Morgan fingerprint density at radius 2 is 1.92 bits per heavy atom. The first-order valence-corrected chi connectivity index (χ1v) is 7.97. The highest BCUT2D eigenvalue weighted by molar-refractivity contribution is 5.77. The standard InChI is InChI=1S/C19H21N3O2/c1-14(19(23)24)11-21(2)12-15-7-9-16(10-8-15)22-13-20-17-5-3-4-6-18(17)22/h3-10,13-14H,11-12H2,1-2H3,(H,23,24). The van der Waals surface area contributed by atoms with Crippen LogP contribution < -0.4 is 0 Å². The first-order chi connectivity index (χ1) is 11.5. The van der Waals surface area contributed by atoms with Crippen molar-refractivity contribution >= 4 is 17.0 Å². The van der Waals surface area contributed by atoms with Gasteiger partial charge in [0, 0.05) is 18.8 Å². The molecule has 1 atom stereocenters. The second-order valence-electron chi connectivity index (χ2n) is 6.21. The fourth-order valence-electron chi connectivity index (χ4n) is 2.85. The Hall–Kier alpha value is -2.66. The number of imidazole rings is 1. The van der Waals surface area contributed by atoms with Crippen molar-refractivity contribution < 1.29 is 9.90 Å². The van der Waals surface area contributed by atoms with Gasteiger partial charge in [-0.15, -0.1) is 0 Å². The summed E-state index contributed by atoms with van der Waals surface area (Å²) in [5, 5.41) is 8.99. The lowest BCUT2D eigenvalue weighted by atomic mass is 10.1. The summed E-state index contributed by atoms with van der Waals surface area (Å²) in [4.78, 5) is 17.4. The van der Waals surface area contributed by atoms with E-state index in [9.17, 15) is 4.79 Å². The van der Waals surface area contributed by atoms with Crippen LogP contribution in [-0.4, -0.2) is 39.1 Å². The smallest absolute Gasteiger partial charge is 0.307 e. The molecule has 124 valence electrons. The molecule has 0 fully saturated rings. The minimum absolute atomic E-state index is 0.369. The number of aliphatic carboxylic acids is 1. The molecule has 5 nitrogen and oxygen atoms in total. The highest BCUT2D eigenvalue weighted by Gasteiger charge is 2.13. The molecule has 0 spiro atoms. The van der Waals surface area contributed by atoms with Crippen LogP contribution in [0.4, 0.5) is 0 Å². The molecule has 0 aliphatic heterocycles. The zero-order valence-electron chi connectivity index (χ0n) is 13.9. The maximum Gasteiger partial charge on any atom is 0.307 e. The fourth-order valence-corrected chi connectivity index (χ4v) is 2.85. The van der Waals surface area contributed by atoms with Crippen molar-refractivity contribution in [2.45, 2.75) is 13.5 Å². The first kappa shape index (κ1) is 16.2. The van der Waals surface area contributed by atoms with Gasteiger partial charge in [-0.05, 0) is 36.9 Å². The Bertz CT molecular complexity index is 839. The number of rotatable bonds is 6. The van der Waals surface area contributed by atoms with Gasteiger partial charge in [0.1, 0.15) is 6.33 Å². The van der Waals surface area contributed by atoms with Crippen LogP contribution >= 0.6 is 0 Å². The molecule has 0 saturated carbocycles. The third-order valence-electron chi connectivity index (χ3n) is 4.13. The third-order valence-corrected chi connectivity index (χ3v) is 4.13. The summed E-state index contributed by atoms with van der Waals surface area (Å²) in [6.45, 7) is 2.98. The van der Waals surface area contributed by atoms with Crippen molar-refractivity contribution in [2.75, 3.05) is 13.6 Å². The molecule has 3 rings (SSSR count). The monoisotopic (exact) mass is 323 g/mol. The van der Waals surface area contributed by atoms with Crippen LogP contribution in [0.15, 0.2) is 54.9 Å². The molecule has 0 amide bonds. The van der Waals surface area contributed by atoms with Gasteiger partial charge < -0.3 is 10.0 Å². The number of carboxylic acid groups (broad SMARTS) is 1. The summed E-state index contributed by atoms with van der Waals surface area (Å²) in [6, 6.07) is 16.3. The topological polar surface area (TPSA) is 58.4 Å². The molecule has 0 bridgehead atoms. The largest absolute Gasteiger partial charge is 0.481 e. The van der Waals surface area contributed by atoms with Gasteiger partial charge in [0.2, 0.25) is 0 Å². The van der Waals surface area contributed by atoms with Crippen molar-refractivity contribution in [1.29, 1.82) is 0 Å². The fraction of sp³-hybridized carbons (Fsp3) is 0.263. The summed E-state index contributed by atoms with van der Waals surface area (Å²) >= 11 is 0. The van der Waals surface area contributed by atoms with Crippen LogP contribution in [0.2, 0.25) is 0 Å². The number of carbonyl (C=O) groups is 1. The Balaban J connectivity index is 1.73. The quantitative estimate of drug-likeness (QED) is 0.757. The van der Waals surface area contributed by atoms with Gasteiger partial charge in [-0.3, -0.25) is 9.36 Å². The zero-order valence-corrected chi connectivity index (χ0v) is 13.9. The van der Waals surface area contributed by atoms with Crippen molar-refractivity contribution in [1.82, 2.24) is 14.5 Å². The molecule has 3 aromatic rings. The summed E-state index contributed by atoms with van der Waals surface area (Å²) in [5.41, 5.74) is 4.28. The number of benzene rings is 2. The Labute approximate surface area is 141 Å². The van der Waals surface area contributed by atoms with E-state index >= 15 is 0 Å². The van der Waals surface area contributed by atoms with Crippen molar-refractivity contribution in [3.63, 3.8) is 0 Å². The van der Waals surface area contributed by atoms with Gasteiger partial charge in [-0.2, -0.15) is 0 Å². The number of hydrogen-bond acceptors (Lipinski definition) is 3. The number of nitrogens with zero attached hydrogens (tertiary/aromatic N) is 3. The van der Waals surface area contributed by atoms with Crippen LogP contribution in [0.5, 0.6) is 0 Å². The average Bonchev–Trinajstić information content (AvgIpc) is 2.99. The second kappa shape index (κ2) is 6.84. The molecule has 2 aromatic carbocycles. The molecule has 1 unspecified atom stereocenters. The van der Waals surface area contributed by atoms with E-state index in [-0.39, 0.29) is 5.92 Å². The van der Waals surface area contributed by atoms with E-state index in [1.807, 2.05) is 36.5 Å². The normalized spacial score (nSPS) is 12.6. The SMILES string of the molecule is CC(CN(C)Cc1ccc(-n2cnc3ccccc32)cc1)C(=O)O. The van der Waals surface area contributed by atoms with Crippen LogP contribution in [-0.2, 0) is 11.3 Å². The Morgan fingerprint density at radius 3 is 2.62 bits per heavy atom. The van der Waals surface area contributed by atoms with Gasteiger partial charge >= 0.3 is 5.97 Å². The lowest BCUT2D eigenvalue weighted by Crippen LogP contribution is -2.28. The minimum atomic E-state index is -0.760. The molecule has 1 heterocycles. The Morgan fingerprint density at radius 1 is 1.21 bits per heavy atom. The zero-order chi connectivity index (χ0) is 17.1. The lowest BCUT2D eigenvalue weighted by molar-refractivity contribution is -0.141.